The fourth-order valence-electron chi connectivity index (χ4n) is 1.43. The molecule has 0 saturated carbocycles. The molecule has 0 aliphatic carbocycles. The van der Waals surface area contributed by atoms with Gasteiger partial charge in [-0.2, -0.15) is 5.26 Å². The summed E-state index contributed by atoms with van der Waals surface area (Å²) < 4.78 is 10.4. The minimum Gasteiger partial charge on any atom is -0.493 e. The summed E-state index contributed by atoms with van der Waals surface area (Å²) in [5.41, 5.74) is 0.779. The van der Waals surface area contributed by atoms with Gasteiger partial charge in [0.2, 0.25) is 0 Å². The first-order valence-corrected chi connectivity index (χ1v) is 4.56. The molecule has 0 fully saturated rings. The van der Waals surface area contributed by atoms with Gasteiger partial charge >= 0.3 is 0 Å². The molecule has 0 amide bonds. The molecule has 1 rings (SSSR count). The van der Waals surface area contributed by atoms with Crippen molar-refractivity contribution in [2.45, 2.75) is 6.04 Å². The number of methoxy groups -OCH3 is 2. The van der Waals surface area contributed by atoms with Gasteiger partial charge in [0.1, 0.15) is 6.04 Å². The molecule has 4 nitrogen and oxygen atoms in total. The predicted molar refractivity (Wildman–Crippen MR) is 57.0 cm³/mol. The quantitative estimate of drug-likeness (QED) is 0.810. The monoisotopic (exact) mass is 206 g/mol. The van der Waals surface area contributed by atoms with Crippen LogP contribution in [-0.4, -0.2) is 21.3 Å². The van der Waals surface area contributed by atoms with Crippen LogP contribution in [0, 0.1) is 11.3 Å². The second-order valence-electron chi connectivity index (χ2n) is 2.93. The molecule has 0 radical (unpaired) electrons. The lowest BCUT2D eigenvalue weighted by atomic mass is 10.1. The van der Waals surface area contributed by atoms with Gasteiger partial charge in [0.15, 0.2) is 11.5 Å². The molecule has 0 saturated heterocycles. The van der Waals surface area contributed by atoms with Crippen LogP contribution >= 0.6 is 0 Å². The number of benzene rings is 1. The fourth-order valence-corrected chi connectivity index (χ4v) is 1.43. The first-order chi connectivity index (χ1) is 7.28. The molecule has 1 aromatic carbocycles. The fraction of sp³-hybridized carbons (Fsp3) is 0.364. The molecule has 0 heterocycles. The Morgan fingerprint density at radius 1 is 1.33 bits per heavy atom. The summed E-state index contributed by atoms with van der Waals surface area (Å²) in [5, 5.41) is 11.9. The second-order valence-corrected chi connectivity index (χ2v) is 2.93. The van der Waals surface area contributed by atoms with Crippen LogP contribution in [0.15, 0.2) is 18.2 Å². The molecule has 0 aromatic heterocycles. The molecule has 0 aliphatic rings. The summed E-state index contributed by atoms with van der Waals surface area (Å²) in [6, 6.07) is 7.22. The molecular weight excluding hydrogens is 192 g/mol. The van der Waals surface area contributed by atoms with E-state index >= 15 is 0 Å². The number of rotatable bonds is 4. The van der Waals surface area contributed by atoms with E-state index in [9.17, 15) is 0 Å². The molecule has 0 bridgehead atoms. The molecule has 1 aromatic rings. The van der Waals surface area contributed by atoms with E-state index in [0.29, 0.717) is 11.5 Å². The highest BCUT2D eigenvalue weighted by Crippen LogP contribution is 2.34. The number of nitrogens with zero attached hydrogens (tertiary/aromatic N) is 1. The molecule has 0 spiro atoms. The van der Waals surface area contributed by atoms with Crippen molar-refractivity contribution < 1.29 is 9.47 Å². The molecule has 15 heavy (non-hydrogen) atoms. The Hall–Kier alpha value is -1.73. The SMILES string of the molecule is CNC(C#N)c1cccc(OC)c1OC. The van der Waals surface area contributed by atoms with E-state index in [2.05, 4.69) is 11.4 Å². The summed E-state index contributed by atoms with van der Waals surface area (Å²) in [4.78, 5) is 0. The molecule has 4 heteroatoms. The molecule has 1 N–H and O–H groups in total. The minimum atomic E-state index is -0.393. The Balaban J connectivity index is 3.23. The summed E-state index contributed by atoms with van der Waals surface area (Å²) in [6.45, 7) is 0. The first-order valence-electron chi connectivity index (χ1n) is 4.56. The summed E-state index contributed by atoms with van der Waals surface area (Å²) >= 11 is 0. The Morgan fingerprint density at radius 2 is 2.07 bits per heavy atom. The third-order valence-corrected chi connectivity index (χ3v) is 2.16. The molecular formula is C11H14N2O2. The van der Waals surface area contributed by atoms with E-state index in [0.717, 1.165) is 5.56 Å². The zero-order valence-corrected chi connectivity index (χ0v) is 9.07. The van der Waals surface area contributed by atoms with Gasteiger partial charge in [0.05, 0.1) is 20.3 Å². The van der Waals surface area contributed by atoms with Crippen LogP contribution in [0.1, 0.15) is 11.6 Å². The van der Waals surface area contributed by atoms with Crippen LogP contribution < -0.4 is 14.8 Å². The maximum absolute atomic E-state index is 8.95. The van der Waals surface area contributed by atoms with Gasteiger partial charge in [-0.1, -0.05) is 12.1 Å². The zero-order chi connectivity index (χ0) is 11.3. The second kappa shape index (κ2) is 5.23. The molecule has 80 valence electrons. The van der Waals surface area contributed by atoms with Gasteiger partial charge in [-0.05, 0) is 13.1 Å². The smallest absolute Gasteiger partial charge is 0.166 e. The van der Waals surface area contributed by atoms with Crippen molar-refractivity contribution >= 4 is 0 Å². The van der Waals surface area contributed by atoms with E-state index in [1.54, 1.807) is 27.3 Å². The van der Waals surface area contributed by atoms with Crippen LogP contribution in [0.4, 0.5) is 0 Å². The highest BCUT2D eigenvalue weighted by atomic mass is 16.5. The number of ether oxygens (including phenoxy) is 2. The van der Waals surface area contributed by atoms with E-state index in [1.165, 1.54) is 0 Å². The van der Waals surface area contributed by atoms with Crippen molar-refractivity contribution in [3.8, 4) is 17.6 Å². The van der Waals surface area contributed by atoms with Gasteiger partial charge in [0, 0.05) is 5.56 Å². The number of hydrogen-bond acceptors (Lipinski definition) is 4. The van der Waals surface area contributed by atoms with Gasteiger partial charge < -0.3 is 14.8 Å². The van der Waals surface area contributed by atoms with Gasteiger partial charge in [-0.25, -0.2) is 0 Å². The van der Waals surface area contributed by atoms with Gasteiger partial charge in [0.25, 0.3) is 0 Å². The average Bonchev–Trinajstić information content (AvgIpc) is 2.30. The van der Waals surface area contributed by atoms with Crippen molar-refractivity contribution in [3.05, 3.63) is 23.8 Å². The van der Waals surface area contributed by atoms with Crippen molar-refractivity contribution in [1.82, 2.24) is 5.32 Å². The third-order valence-electron chi connectivity index (χ3n) is 2.16. The first kappa shape index (κ1) is 11.3. The lowest BCUT2D eigenvalue weighted by Crippen LogP contribution is -2.15. The predicted octanol–water partition coefficient (Wildman–Crippen LogP) is 1.49. The van der Waals surface area contributed by atoms with E-state index in [-0.39, 0.29) is 0 Å². The highest BCUT2D eigenvalue weighted by Gasteiger charge is 2.16. The van der Waals surface area contributed by atoms with E-state index in [1.807, 2.05) is 12.1 Å². The highest BCUT2D eigenvalue weighted by molar-refractivity contribution is 5.49. The lowest BCUT2D eigenvalue weighted by molar-refractivity contribution is 0.350. The normalized spacial score (nSPS) is 11.6. The number of nitrogens with one attached hydrogen (secondary N) is 1. The summed E-state index contributed by atoms with van der Waals surface area (Å²) in [5.74, 6) is 1.23. The Bertz CT molecular complexity index is 371. The maximum Gasteiger partial charge on any atom is 0.166 e. The van der Waals surface area contributed by atoms with Crippen molar-refractivity contribution in [1.29, 1.82) is 5.26 Å². The van der Waals surface area contributed by atoms with E-state index < -0.39 is 6.04 Å². The van der Waals surface area contributed by atoms with Crippen LogP contribution in [0.3, 0.4) is 0 Å². The van der Waals surface area contributed by atoms with Crippen LogP contribution in [0.25, 0.3) is 0 Å². The maximum atomic E-state index is 8.95. The number of nitriles is 1. The molecule has 1 atom stereocenters. The third kappa shape index (κ3) is 2.20. The van der Waals surface area contributed by atoms with Crippen molar-refractivity contribution in [2.24, 2.45) is 0 Å². The van der Waals surface area contributed by atoms with Crippen molar-refractivity contribution in [3.63, 3.8) is 0 Å². The van der Waals surface area contributed by atoms with Crippen LogP contribution in [0.2, 0.25) is 0 Å². The lowest BCUT2D eigenvalue weighted by Gasteiger charge is -2.15. The Morgan fingerprint density at radius 3 is 2.53 bits per heavy atom. The van der Waals surface area contributed by atoms with Gasteiger partial charge in [-0.3, -0.25) is 0 Å². The number of para-hydroxylation sites is 1. The summed E-state index contributed by atoms with van der Waals surface area (Å²) in [6.07, 6.45) is 0. The van der Waals surface area contributed by atoms with Gasteiger partial charge in [-0.15, -0.1) is 0 Å². The zero-order valence-electron chi connectivity index (χ0n) is 9.07. The minimum absolute atomic E-state index is 0.393. The Kier molecular flexibility index (Phi) is 3.95. The average molecular weight is 206 g/mol. The molecule has 1 unspecified atom stereocenters. The van der Waals surface area contributed by atoms with Crippen LogP contribution in [-0.2, 0) is 0 Å². The van der Waals surface area contributed by atoms with E-state index in [4.69, 9.17) is 14.7 Å². The standard InChI is InChI=1S/C11H14N2O2/c1-13-9(7-12)8-5-4-6-10(14-2)11(8)15-3/h4-6,9,13H,1-3H3. The summed E-state index contributed by atoms with van der Waals surface area (Å²) in [7, 11) is 4.86. The largest absolute Gasteiger partial charge is 0.493 e. The molecule has 0 aliphatic heterocycles. The van der Waals surface area contributed by atoms with Crippen molar-refractivity contribution in [2.75, 3.05) is 21.3 Å². The Labute approximate surface area is 89.4 Å². The van der Waals surface area contributed by atoms with Crippen LogP contribution in [0.5, 0.6) is 11.5 Å². The topological polar surface area (TPSA) is 54.3 Å². The number of hydrogen-bond donors (Lipinski definition) is 1.